The summed E-state index contributed by atoms with van der Waals surface area (Å²) in [5.74, 6) is -1.23. The maximum Gasteiger partial charge on any atom is 0.334 e. The van der Waals surface area contributed by atoms with Crippen LogP contribution < -0.4 is 10.1 Å². The zero-order valence-corrected chi connectivity index (χ0v) is 17.7. The van der Waals surface area contributed by atoms with Crippen LogP contribution in [-0.2, 0) is 20.8 Å². The van der Waals surface area contributed by atoms with Gasteiger partial charge in [0.1, 0.15) is 18.0 Å². The van der Waals surface area contributed by atoms with E-state index in [0.29, 0.717) is 28.5 Å². The van der Waals surface area contributed by atoms with Crippen molar-refractivity contribution in [1.29, 1.82) is 0 Å². The lowest BCUT2D eigenvalue weighted by Gasteiger charge is -2.15. The van der Waals surface area contributed by atoms with E-state index in [0.717, 1.165) is 9.78 Å². The van der Waals surface area contributed by atoms with Crippen LogP contribution in [0, 0.1) is 0 Å². The Kier molecular flexibility index (Phi) is 6.27. The average Bonchev–Trinajstić information content (AvgIpc) is 3.38. The maximum atomic E-state index is 12.5. The number of nitrogens with zero attached hydrogens (tertiary/aromatic N) is 2. The fourth-order valence-electron chi connectivity index (χ4n) is 3.14. The molecule has 1 aromatic heterocycles. The number of urea groups is 1. The highest BCUT2D eigenvalue weighted by Crippen LogP contribution is 2.23. The summed E-state index contributed by atoms with van der Waals surface area (Å²) in [5.41, 5.74) is 0.468. The van der Waals surface area contributed by atoms with Crippen molar-refractivity contribution in [2.45, 2.75) is 6.42 Å². The van der Waals surface area contributed by atoms with Crippen LogP contribution in [0.2, 0.25) is 0 Å². The van der Waals surface area contributed by atoms with Gasteiger partial charge in [0.2, 0.25) is 5.91 Å². The molecule has 0 atom stereocenters. The van der Waals surface area contributed by atoms with Crippen LogP contribution in [0.25, 0.3) is 0 Å². The minimum atomic E-state index is -0.997. The van der Waals surface area contributed by atoms with Crippen LogP contribution >= 0.6 is 11.3 Å². The molecule has 0 saturated carbocycles. The first-order valence-corrected chi connectivity index (χ1v) is 10.7. The molecule has 0 aliphatic carbocycles. The summed E-state index contributed by atoms with van der Waals surface area (Å²) in [6.45, 7) is -0.452. The van der Waals surface area contributed by atoms with E-state index in [9.17, 15) is 19.2 Å². The van der Waals surface area contributed by atoms with Gasteiger partial charge < -0.3 is 10.1 Å². The molecular formula is C23H19N3O5S. The first kappa shape index (κ1) is 21.3. The number of thiophene rings is 1. The summed E-state index contributed by atoms with van der Waals surface area (Å²) >= 11 is 1.50. The molecule has 0 spiro atoms. The number of nitrogens with one attached hydrogen (secondary N) is 1. The minimum absolute atomic E-state index is 0.0882. The predicted molar refractivity (Wildman–Crippen MR) is 118 cm³/mol. The van der Waals surface area contributed by atoms with Gasteiger partial charge in [0.25, 0.3) is 0 Å². The third kappa shape index (κ3) is 4.84. The number of hydrogen-bond donors (Lipinski definition) is 1. The molecule has 0 bridgehead atoms. The van der Waals surface area contributed by atoms with Gasteiger partial charge in [0, 0.05) is 23.5 Å². The monoisotopic (exact) mass is 449 g/mol. The molecule has 1 aliphatic heterocycles. The summed E-state index contributed by atoms with van der Waals surface area (Å²) < 4.78 is 5.69. The van der Waals surface area contributed by atoms with Crippen molar-refractivity contribution in [3.8, 4) is 11.5 Å². The molecule has 5 amide bonds. The van der Waals surface area contributed by atoms with Crippen molar-refractivity contribution in [3.63, 3.8) is 0 Å². The molecule has 4 rings (SSSR count). The van der Waals surface area contributed by atoms with E-state index in [4.69, 9.17) is 4.74 Å². The number of carbonyl (C=O) groups excluding carboxylic acids is 4. The minimum Gasteiger partial charge on any atom is -0.457 e. The SMILES string of the molecule is O=C(CN1C(=O)C(=O)N(CCc2cccs2)C1=O)Nc1ccc(Oc2ccccc2)cc1. The van der Waals surface area contributed by atoms with Gasteiger partial charge >= 0.3 is 17.8 Å². The van der Waals surface area contributed by atoms with Crippen molar-refractivity contribution in [1.82, 2.24) is 9.80 Å². The molecule has 162 valence electrons. The van der Waals surface area contributed by atoms with E-state index in [1.807, 2.05) is 47.8 Å². The molecule has 1 saturated heterocycles. The van der Waals surface area contributed by atoms with E-state index in [-0.39, 0.29) is 6.54 Å². The fraction of sp³-hybridized carbons (Fsp3) is 0.130. The predicted octanol–water partition coefficient (Wildman–Crippen LogP) is 3.51. The Balaban J connectivity index is 1.32. The molecule has 2 heterocycles. The number of rotatable bonds is 8. The van der Waals surface area contributed by atoms with E-state index >= 15 is 0 Å². The van der Waals surface area contributed by atoms with E-state index < -0.39 is 30.3 Å². The number of ether oxygens (including phenoxy) is 1. The van der Waals surface area contributed by atoms with Crippen molar-refractivity contribution < 1.29 is 23.9 Å². The Hall–Kier alpha value is -3.98. The van der Waals surface area contributed by atoms with Crippen molar-refractivity contribution in [2.24, 2.45) is 0 Å². The molecule has 1 fully saturated rings. The standard InChI is InChI=1S/C23H19N3O5S/c27-20(24-16-8-10-18(11-9-16)31-17-5-2-1-3-6-17)15-26-22(29)21(28)25(23(26)30)13-12-19-7-4-14-32-19/h1-11,14H,12-13,15H2,(H,24,27). The van der Waals surface area contributed by atoms with Crippen LogP contribution in [0.5, 0.6) is 11.5 Å². The van der Waals surface area contributed by atoms with Gasteiger partial charge in [0.05, 0.1) is 0 Å². The fourth-order valence-corrected chi connectivity index (χ4v) is 3.84. The van der Waals surface area contributed by atoms with Gasteiger partial charge in [0.15, 0.2) is 0 Å². The van der Waals surface area contributed by atoms with Crippen molar-refractivity contribution >= 4 is 40.8 Å². The molecule has 8 nitrogen and oxygen atoms in total. The number of benzene rings is 2. The largest absolute Gasteiger partial charge is 0.457 e. The molecule has 2 aromatic carbocycles. The van der Waals surface area contributed by atoms with E-state index in [1.165, 1.54) is 11.3 Å². The average molecular weight is 449 g/mol. The molecular weight excluding hydrogens is 430 g/mol. The van der Waals surface area contributed by atoms with Crippen LogP contribution in [-0.4, -0.2) is 46.6 Å². The topological polar surface area (TPSA) is 96.0 Å². The van der Waals surface area contributed by atoms with Gasteiger partial charge in [-0.3, -0.25) is 19.3 Å². The molecule has 3 aromatic rings. The van der Waals surface area contributed by atoms with Crippen LogP contribution in [0.4, 0.5) is 10.5 Å². The zero-order valence-electron chi connectivity index (χ0n) is 16.9. The van der Waals surface area contributed by atoms with Gasteiger partial charge in [-0.2, -0.15) is 0 Å². The summed E-state index contributed by atoms with van der Waals surface area (Å²) in [5, 5.41) is 4.51. The first-order chi connectivity index (χ1) is 15.5. The second-order valence-corrected chi connectivity index (χ2v) is 7.98. The smallest absolute Gasteiger partial charge is 0.334 e. The number of carbonyl (C=O) groups is 4. The maximum absolute atomic E-state index is 12.5. The van der Waals surface area contributed by atoms with Crippen LogP contribution in [0.15, 0.2) is 72.1 Å². The van der Waals surface area contributed by atoms with Gasteiger partial charge in [-0.05, 0) is 47.8 Å². The summed E-state index contributed by atoms with van der Waals surface area (Å²) in [6.07, 6.45) is 0.458. The Bertz CT molecular complexity index is 1130. The lowest BCUT2D eigenvalue weighted by molar-refractivity contribution is -0.143. The first-order valence-electron chi connectivity index (χ1n) is 9.84. The quantitative estimate of drug-likeness (QED) is 0.419. The second-order valence-electron chi connectivity index (χ2n) is 6.95. The Morgan fingerprint density at radius 3 is 2.22 bits per heavy atom. The second kappa shape index (κ2) is 9.44. The Morgan fingerprint density at radius 1 is 0.844 bits per heavy atom. The summed E-state index contributed by atoms with van der Waals surface area (Å²) in [4.78, 5) is 51.8. The van der Waals surface area contributed by atoms with Crippen LogP contribution in [0.1, 0.15) is 4.88 Å². The van der Waals surface area contributed by atoms with E-state index in [1.54, 1.807) is 24.3 Å². The Labute approximate surface area is 188 Å². The van der Waals surface area contributed by atoms with Crippen molar-refractivity contribution in [3.05, 3.63) is 77.0 Å². The number of hydrogen-bond acceptors (Lipinski definition) is 6. The van der Waals surface area contributed by atoms with Crippen LogP contribution in [0.3, 0.4) is 0 Å². The van der Waals surface area contributed by atoms with Gasteiger partial charge in [-0.15, -0.1) is 11.3 Å². The number of amides is 5. The highest BCUT2D eigenvalue weighted by atomic mass is 32.1. The third-order valence-electron chi connectivity index (χ3n) is 4.72. The molecule has 0 radical (unpaired) electrons. The summed E-state index contributed by atoms with van der Waals surface area (Å²) in [7, 11) is 0. The number of para-hydroxylation sites is 1. The number of imide groups is 2. The molecule has 0 unspecified atom stereocenters. The Morgan fingerprint density at radius 2 is 1.53 bits per heavy atom. The molecule has 1 N–H and O–H groups in total. The lowest BCUT2D eigenvalue weighted by atomic mass is 10.3. The van der Waals surface area contributed by atoms with Gasteiger partial charge in [-0.25, -0.2) is 9.69 Å². The molecule has 9 heteroatoms. The highest BCUT2D eigenvalue weighted by Gasteiger charge is 2.44. The zero-order chi connectivity index (χ0) is 22.5. The van der Waals surface area contributed by atoms with E-state index in [2.05, 4.69) is 5.32 Å². The molecule has 1 aliphatic rings. The molecule has 32 heavy (non-hydrogen) atoms. The highest BCUT2D eigenvalue weighted by molar-refractivity contribution is 7.09. The lowest BCUT2D eigenvalue weighted by Crippen LogP contribution is -2.39. The normalized spacial score (nSPS) is 13.6. The van der Waals surface area contributed by atoms with Gasteiger partial charge in [-0.1, -0.05) is 24.3 Å². The van der Waals surface area contributed by atoms with Crippen molar-refractivity contribution in [2.75, 3.05) is 18.4 Å². The number of anilines is 1. The third-order valence-corrected chi connectivity index (χ3v) is 5.65. The summed E-state index contributed by atoms with van der Waals surface area (Å²) in [6, 6.07) is 18.9.